The number of H-pyrrole nitrogens is 1. The third kappa shape index (κ3) is 3.78. The number of hydrogen-bond acceptors (Lipinski definition) is 4. The van der Waals surface area contributed by atoms with Gasteiger partial charge in [0.25, 0.3) is 5.91 Å². The number of amides is 1. The maximum atomic E-state index is 11.8. The van der Waals surface area contributed by atoms with Gasteiger partial charge >= 0.3 is 0 Å². The van der Waals surface area contributed by atoms with Crippen LogP contribution in [0.3, 0.4) is 0 Å². The normalized spacial score (nSPS) is 15.9. The third-order valence-electron chi connectivity index (χ3n) is 3.27. The van der Waals surface area contributed by atoms with E-state index in [1.54, 1.807) is 11.3 Å². The topological polar surface area (TPSA) is 67.2 Å². The Kier molecular flexibility index (Phi) is 4.18. The van der Waals surface area contributed by atoms with Crippen molar-refractivity contribution in [3.8, 4) is 10.7 Å². The van der Waals surface area contributed by atoms with Crippen molar-refractivity contribution >= 4 is 29.5 Å². The predicted molar refractivity (Wildman–Crippen MR) is 83.6 cm³/mol. The second-order valence-corrected chi connectivity index (χ2v) is 6.71. The molecule has 0 bridgehead atoms. The lowest BCUT2D eigenvalue weighted by atomic mass is 10.4. The Hall–Kier alpha value is -1.51. The Morgan fingerprint density at radius 1 is 1.67 bits per heavy atom. The number of likely N-dealkylation sites (N-methyl/N-ethyl adjacent to an activating group) is 1. The summed E-state index contributed by atoms with van der Waals surface area (Å²) >= 11 is 6.89. The molecule has 2 aromatic heterocycles. The number of aromatic nitrogens is 3. The highest BCUT2D eigenvalue weighted by molar-refractivity contribution is 7.71. The van der Waals surface area contributed by atoms with Crippen LogP contribution in [0.25, 0.3) is 10.7 Å². The van der Waals surface area contributed by atoms with E-state index in [-0.39, 0.29) is 5.91 Å². The van der Waals surface area contributed by atoms with Gasteiger partial charge in [0, 0.05) is 6.04 Å². The minimum Gasteiger partial charge on any atom is -0.348 e. The number of quaternary nitrogens is 1. The van der Waals surface area contributed by atoms with E-state index in [0.717, 1.165) is 28.4 Å². The second kappa shape index (κ2) is 6.08. The number of thiophene rings is 1. The third-order valence-corrected chi connectivity index (χ3v) is 4.45. The van der Waals surface area contributed by atoms with Crippen molar-refractivity contribution in [2.75, 3.05) is 13.6 Å². The molecule has 6 nitrogen and oxygen atoms in total. The van der Waals surface area contributed by atoms with Crippen LogP contribution >= 0.6 is 23.6 Å². The fourth-order valence-corrected chi connectivity index (χ4v) is 2.96. The molecule has 1 aliphatic carbocycles. The molecular formula is C13H18N5OS2+. The van der Waals surface area contributed by atoms with E-state index in [4.69, 9.17) is 12.2 Å². The highest BCUT2D eigenvalue weighted by Crippen LogP contribution is 2.20. The lowest BCUT2D eigenvalue weighted by molar-refractivity contribution is -0.895. The van der Waals surface area contributed by atoms with Crippen LogP contribution in [0.4, 0.5) is 0 Å². The van der Waals surface area contributed by atoms with E-state index in [0.29, 0.717) is 24.0 Å². The number of hydrogen-bond donors (Lipinski definition) is 3. The van der Waals surface area contributed by atoms with Crippen LogP contribution in [0.1, 0.15) is 12.8 Å². The van der Waals surface area contributed by atoms with Crippen LogP contribution in [0, 0.1) is 4.77 Å². The van der Waals surface area contributed by atoms with Crippen LogP contribution in [-0.2, 0) is 11.5 Å². The number of nitrogens with one attached hydrogen (secondary N) is 3. The lowest BCUT2D eigenvalue weighted by Crippen LogP contribution is -3.09. The van der Waals surface area contributed by atoms with E-state index in [2.05, 4.69) is 15.4 Å². The van der Waals surface area contributed by atoms with Gasteiger partial charge in [0.15, 0.2) is 19.0 Å². The number of rotatable bonds is 6. The zero-order valence-corrected chi connectivity index (χ0v) is 13.4. The Morgan fingerprint density at radius 3 is 3.14 bits per heavy atom. The van der Waals surface area contributed by atoms with E-state index in [9.17, 15) is 4.79 Å². The predicted octanol–water partition coefficient (Wildman–Crippen LogP) is 0.420. The van der Waals surface area contributed by atoms with Gasteiger partial charge in [-0.2, -0.15) is 4.98 Å². The maximum absolute atomic E-state index is 11.8. The van der Waals surface area contributed by atoms with Crippen LogP contribution in [0.15, 0.2) is 17.5 Å². The van der Waals surface area contributed by atoms with Crippen molar-refractivity contribution in [3.63, 3.8) is 0 Å². The summed E-state index contributed by atoms with van der Waals surface area (Å²) in [7, 11) is 1.97. The summed E-state index contributed by atoms with van der Waals surface area (Å²) in [6.07, 6.45) is 2.22. The molecule has 1 aliphatic rings. The molecule has 3 rings (SSSR count). The summed E-state index contributed by atoms with van der Waals surface area (Å²) in [5, 5.41) is 8.20. The zero-order chi connectivity index (χ0) is 14.8. The minimum atomic E-state index is 0.0968. The van der Waals surface area contributed by atoms with Gasteiger partial charge in [-0.05, 0) is 36.5 Å². The Bertz CT molecular complexity index is 671. The van der Waals surface area contributed by atoms with Crippen LogP contribution in [0.2, 0.25) is 0 Å². The van der Waals surface area contributed by atoms with Gasteiger partial charge in [-0.1, -0.05) is 6.07 Å². The smallest absolute Gasteiger partial charge is 0.275 e. The van der Waals surface area contributed by atoms with Crippen molar-refractivity contribution < 1.29 is 9.69 Å². The molecule has 0 spiro atoms. The molecule has 1 amide bonds. The Labute approximate surface area is 131 Å². The van der Waals surface area contributed by atoms with Crippen molar-refractivity contribution in [2.45, 2.75) is 25.6 Å². The number of carbonyl (C=O) groups excluding carboxylic acids is 1. The molecule has 0 radical (unpaired) electrons. The van der Waals surface area contributed by atoms with Gasteiger partial charge in [0.2, 0.25) is 4.77 Å². The van der Waals surface area contributed by atoms with Crippen LogP contribution in [-0.4, -0.2) is 40.3 Å². The summed E-state index contributed by atoms with van der Waals surface area (Å²) in [6.45, 7) is 1.03. The molecule has 1 unspecified atom stereocenters. The summed E-state index contributed by atoms with van der Waals surface area (Å²) in [4.78, 5) is 18.3. The molecule has 2 heterocycles. The summed E-state index contributed by atoms with van der Waals surface area (Å²) in [6, 6.07) is 4.39. The van der Waals surface area contributed by atoms with E-state index >= 15 is 0 Å². The molecule has 112 valence electrons. The molecule has 1 atom stereocenters. The first kappa shape index (κ1) is 14.4. The minimum absolute atomic E-state index is 0.0968. The van der Waals surface area contributed by atoms with Gasteiger partial charge in [0.1, 0.15) is 0 Å². The largest absolute Gasteiger partial charge is 0.348 e. The average Bonchev–Trinajstić information content (AvgIpc) is 2.94. The number of aromatic amines is 1. The van der Waals surface area contributed by atoms with E-state index in [1.165, 1.54) is 0 Å². The van der Waals surface area contributed by atoms with Crippen LogP contribution in [0.5, 0.6) is 0 Å². The highest BCUT2D eigenvalue weighted by atomic mass is 32.1. The van der Waals surface area contributed by atoms with Crippen molar-refractivity contribution in [1.82, 2.24) is 20.1 Å². The first-order chi connectivity index (χ1) is 10.1. The molecule has 1 saturated carbocycles. The van der Waals surface area contributed by atoms with Crippen molar-refractivity contribution in [1.29, 1.82) is 0 Å². The van der Waals surface area contributed by atoms with Gasteiger partial charge in [-0.25, -0.2) is 4.68 Å². The maximum Gasteiger partial charge on any atom is 0.275 e. The molecule has 0 aromatic carbocycles. The monoisotopic (exact) mass is 324 g/mol. The molecule has 1 fully saturated rings. The number of carbonyl (C=O) groups is 1. The molecule has 8 heteroatoms. The fourth-order valence-electron chi connectivity index (χ4n) is 2.09. The average molecular weight is 324 g/mol. The van der Waals surface area contributed by atoms with Gasteiger partial charge in [0.05, 0.1) is 11.9 Å². The molecule has 0 saturated heterocycles. The summed E-state index contributed by atoms with van der Waals surface area (Å²) < 4.78 is 2.32. The fraction of sp³-hybridized carbons (Fsp3) is 0.462. The standard InChI is InChI=1S/C13H17N5OS2/c1-17(7-11(19)14-9-4-5-9)8-18-13(20)15-12(16-18)10-3-2-6-21-10/h2-3,6,9H,4-5,7-8H2,1H3,(H,14,19)(H,15,16,20)/p+1. The number of nitrogens with zero attached hydrogens (tertiary/aromatic N) is 2. The molecule has 3 N–H and O–H groups in total. The SMILES string of the molecule is C[NH+](CC(=O)NC1CC1)Cn1[nH]c(-c2cccs2)nc1=S. The first-order valence-corrected chi connectivity index (χ1v) is 8.22. The molecule has 2 aromatic rings. The van der Waals surface area contributed by atoms with Crippen LogP contribution < -0.4 is 10.2 Å². The lowest BCUT2D eigenvalue weighted by Gasteiger charge is -2.13. The quantitative estimate of drug-likeness (QED) is 0.675. The Balaban J connectivity index is 1.61. The van der Waals surface area contributed by atoms with Crippen molar-refractivity contribution in [3.05, 3.63) is 22.3 Å². The van der Waals surface area contributed by atoms with E-state index in [1.807, 2.05) is 29.2 Å². The van der Waals surface area contributed by atoms with Crippen molar-refractivity contribution in [2.24, 2.45) is 0 Å². The van der Waals surface area contributed by atoms with E-state index < -0.39 is 0 Å². The van der Waals surface area contributed by atoms with Gasteiger partial charge in [-0.15, -0.1) is 11.3 Å². The highest BCUT2D eigenvalue weighted by Gasteiger charge is 2.24. The summed E-state index contributed by atoms with van der Waals surface area (Å²) in [5.41, 5.74) is 0. The molecular weight excluding hydrogens is 306 g/mol. The first-order valence-electron chi connectivity index (χ1n) is 6.93. The second-order valence-electron chi connectivity index (χ2n) is 5.39. The van der Waals surface area contributed by atoms with Gasteiger partial charge in [-0.3, -0.25) is 9.89 Å². The zero-order valence-electron chi connectivity index (χ0n) is 11.8. The molecule has 21 heavy (non-hydrogen) atoms. The summed E-state index contributed by atoms with van der Waals surface area (Å²) in [5.74, 6) is 0.879. The Morgan fingerprint density at radius 2 is 2.48 bits per heavy atom. The van der Waals surface area contributed by atoms with Gasteiger partial charge < -0.3 is 10.2 Å². The molecule has 0 aliphatic heterocycles.